The molecule has 0 heterocycles. The van der Waals surface area contributed by atoms with E-state index < -0.39 is 17.5 Å². The van der Waals surface area contributed by atoms with Crippen LogP contribution in [0.25, 0.3) is 11.6 Å². The van der Waals surface area contributed by atoms with Crippen LogP contribution < -0.4 is 21.1 Å². The Morgan fingerprint density at radius 1 is 0.868 bits per heavy atom. The number of hydrogen-bond donors (Lipinski definition) is 3. The van der Waals surface area contributed by atoms with Crippen molar-refractivity contribution in [1.29, 1.82) is 0 Å². The van der Waals surface area contributed by atoms with E-state index in [9.17, 15) is 18.4 Å². The molecular formula is C30H25F2N3O3. The highest BCUT2D eigenvalue weighted by Gasteiger charge is 2.14. The van der Waals surface area contributed by atoms with Gasteiger partial charge in [0, 0.05) is 17.7 Å². The summed E-state index contributed by atoms with van der Waals surface area (Å²) in [6.07, 6.45) is 1.49. The average molecular weight is 514 g/mol. The van der Waals surface area contributed by atoms with Gasteiger partial charge in [-0.1, -0.05) is 42.5 Å². The monoisotopic (exact) mass is 513 g/mol. The summed E-state index contributed by atoms with van der Waals surface area (Å²) in [7, 11) is 1.53. The average Bonchev–Trinajstić information content (AvgIpc) is 2.94. The van der Waals surface area contributed by atoms with E-state index in [4.69, 9.17) is 10.5 Å². The molecule has 8 heteroatoms. The van der Waals surface area contributed by atoms with E-state index in [-0.39, 0.29) is 18.0 Å². The fourth-order valence-corrected chi connectivity index (χ4v) is 3.68. The molecule has 0 fully saturated rings. The molecule has 4 aromatic rings. The molecule has 4 aromatic carbocycles. The third kappa shape index (κ3) is 6.41. The molecule has 0 atom stereocenters. The topological polar surface area (TPSA) is 93.4 Å². The molecule has 38 heavy (non-hydrogen) atoms. The number of halogens is 2. The van der Waals surface area contributed by atoms with Gasteiger partial charge in [0.25, 0.3) is 11.8 Å². The third-order valence-electron chi connectivity index (χ3n) is 5.78. The van der Waals surface area contributed by atoms with Crippen LogP contribution in [0.5, 0.6) is 5.75 Å². The molecule has 0 aliphatic heterocycles. The first kappa shape index (κ1) is 26.1. The van der Waals surface area contributed by atoms with Crippen molar-refractivity contribution < 1.29 is 23.1 Å². The van der Waals surface area contributed by atoms with Crippen molar-refractivity contribution in [2.24, 2.45) is 0 Å². The third-order valence-corrected chi connectivity index (χ3v) is 5.78. The van der Waals surface area contributed by atoms with Gasteiger partial charge in [0.1, 0.15) is 5.75 Å². The second kappa shape index (κ2) is 11.8. The van der Waals surface area contributed by atoms with E-state index in [1.54, 1.807) is 72.8 Å². The van der Waals surface area contributed by atoms with Crippen molar-refractivity contribution >= 4 is 34.8 Å². The number of anilines is 2. The molecule has 0 spiro atoms. The standard InChI is InChI=1S/C30H25F2N3O3/c1-38-23-13-11-21(12-14-23)24(16-20-8-15-25(31)26(32)17-20)30(37)34-18-19-6-9-22(10-7-19)29(36)35-28-5-3-2-4-27(28)33/h2-17H,18,33H2,1H3,(H,34,37)(H,35,36)/b24-16+. The summed E-state index contributed by atoms with van der Waals surface area (Å²) >= 11 is 0. The molecule has 192 valence electrons. The Morgan fingerprint density at radius 3 is 2.21 bits per heavy atom. The van der Waals surface area contributed by atoms with Gasteiger partial charge in [-0.2, -0.15) is 0 Å². The predicted octanol–water partition coefficient (Wildman–Crippen LogP) is 5.66. The predicted molar refractivity (Wildman–Crippen MR) is 144 cm³/mol. The van der Waals surface area contributed by atoms with Gasteiger partial charge in [-0.05, 0) is 71.3 Å². The summed E-state index contributed by atoms with van der Waals surface area (Å²) in [5.74, 6) is -2.09. The number of nitrogens with one attached hydrogen (secondary N) is 2. The summed E-state index contributed by atoms with van der Waals surface area (Å²) in [4.78, 5) is 25.7. The first-order chi connectivity index (χ1) is 18.3. The number of nitrogen functional groups attached to an aromatic ring is 1. The summed E-state index contributed by atoms with van der Waals surface area (Å²) < 4.78 is 32.4. The number of methoxy groups -OCH3 is 1. The number of carbonyl (C=O) groups excluding carboxylic acids is 2. The van der Waals surface area contributed by atoms with E-state index in [1.165, 1.54) is 19.3 Å². The largest absolute Gasteiger partial charge is 0.497 e. The maximum absolute atomic E-state index is 13.8. The number of benzene rings is 4. The first-order valence-corrected chi connectivity index (χ1v) is 11.7. The van der Waals surface area contributed by atoms with Crippen LogP contribution in [-0.4, -0.2) is 18.9 Å². The summed E-state index contributed by atoms with van der Waals surface area (Å²) in [5, 5.41) is 5.61. The lowest BCUT2D eigenvalue weighted by molar-refractivity contribution is -0.115. The van der Waals surface area contributed by atoms with Crippen molar-refractivity contribution in [2.75, 3.05) is 18.2 Å². The van der Waals surface area contributed by atoms with E-state index in [1.807, 2.05) is 0 Å². The van der Waals surface area contributed by atoms with Crippen molar-refractivity contribution in [3.05, 3.63) is 125 Å². The van der Waals surface area contributed by atoms with Gasteiger partial charge in [-0.3, -0.25) is 9.59 Å². The Hall–Kier alpha value is -4.98. The van der Waals surface area contributed by atoms with Crippen LogP contribution >= 0.6 is 0 Å². The SMILES string of the molecule is COc1ccc(/C(=C\c2ccc(F)c(F)c2)C(=O)NCc2ccc(C(=O)Nc3ccccc3N)cc2)cc1. The normalized spacial score (nSPS) is 11.1. The Morgan fingerprint density at radius 2 is 1.55 bits per heavy atom. The molecule has 0 bridgehead atoms. The van der Waals surface area contributed by atoms with Gasteiger partial charge in [-0.25, -0.2) is 8.78 Å². The minimum absolute atomic E-state index is 0.178. The van der Waals surface area contributed by atoms with E-state index >= 15 is 0 Å². The van der Waals surface area contributed by atoms with Gasteiger partial charge in [0.2, 0.25) is 0 Å². The lowest BCUT2D eigenvalue weighted by Gasteiger charge is -2.12. The molecule has 0 aliphatic rings. The fraction of sp³-hybridized carbons (Fsp3) is 0.0667. The second-order valence-electron chi connectivity index (χ2n) is 8.38. The van der Waals surface area contributed by atoms with Gasteiger partial charge in [0.05, 0.1) is 18.5 Å². The quantitative estimate of drug-likeness (QED) is 0.161. The van der Waals surface area contributed by atoms with E-state index in [0.717, 1.165) is 17.7 Å². The highest BCUT2D eigenvalue weighted by Crippen LogP contribution is 2.23. The zero-order chi connectivity index (χ0) is 27.1. The number of rotatable bonds is 8. The van der Waals surface area contributed by atoms with Crippen LogP contribution in [0.15, 0.2) is 91.0 Å². The Kier molecular flexibility index (Phi) is 8.13. The van der Waals surface area contributed by atoms with Gasteiger partial charge >= 0.3 is 0 Å². The number of amides is 2. The molecule has 2 amide bonds. The molecule has 0 aromatic heterocycles. The van der Waals surface area contributed by atoms with Crippen molar-refractivity contribution in [3.8, 4) is 5.75 Å². The lowest BCUT2D eigenvalue weighted by Crippen LogP contribution is -2.24. The molecule has 0 unspecified atom stereocenters. The minimum atomic E-state index is -1.01. The van der Waals surface area contributed by atoms with Gasteiger partial charge < -0.3 is 21.1 Å². The molecule has 0 radical (unpaired) electrons. The molecule has 0 aliphatic carbocycles. The summed E-state index contributed by atoms with van der Waals surface area (Å²) in [6.45, 7) is 0.178. The Labute approximate surface area is 218 Å². The summed E-state index contributed by atoms with van der Waals surface area (Å²) in [5.41, 5.74) is 9.22. The Balaban J connectivity index is 1.48. The molecule has 0 saturated carbocycles. The maximum Gasteiger partial charge on any atom is 0.255 e. The number of carbonyl (C=O) groups is 2. The number of hydrogen-bond acceptors (Lipinski definition) is 4. The maximum atomic E-state index is 13.8. The molecule has 4 N–H and O–H groups in total. The van der Waals surface area contributed by atoms with E-state index in [2.05, 4.69) is 10.6 Å². The van der Waals surface area contributed by atoms with E-state index in [0.29, 0.717) is 33.8 Å². The molecule has 0 saturated heterocycles. The zero-order valence-corrected chi connectivity index (χ0v) is 20.5. The molecular weight excluding hydrogens is 488 g/mol. The van der Waals surface area contributed by atoms with Crippen molar-refractivity contribution in [2.45, 2.75) is 6.54 Å². The smallest absolute Gasteiger partial charge is 0.255 e. The van der Waals surface area contributed by atoms with Crippen LogP contribution in [0.2, 0.25) is 0 Å². The van der Waals surface area contributed by atoms with Crippen LogP contribution in [0.1, 0.15) is 27.0 Å². The highest BCUT2D eigenvalue weighted by atomic mass is 19.2. The van der Waals surface area contributed by atoms with Gasteiger partial charge in [-0.15, -0.1) is 0 Å². The summed E-state index contributed by atoms with van der Waals surface area (Å²) in [6, 6.07) is 24.0. The van der Waals surface area contributed by atoms with Gasteiger partial charge in [0.15, 0.2) is 11.6 Å². The fourth-order valence-electron chi connectivity index (χ4n) is 3.68. The first-order valence-electron chi connectivity index (χ1n) is 11.7. The Bertz CT molecular complexity index is 1480. The van der Waals surface area contributed by atoms with Crippen LogP contribution in [-0.2, 0) is 11.3 Å². The lowest BCUT2D eigenvalue weighted by atomic mass is 10.0. The minimum Gasteiger partial charge on any atom is -0.497 e. The number of nitrogens with two attached hydrogens (primary N) is 1. The molecule has 6 nitrogen and oxygen atoms in total. The number of para-hydroxylation sites is 2. The second-order valence-corrected chi connectivity index (χ2v) is 8.38. The highest BCUT2D eigenvalue weighted by molar-refractivity contribution is 6.24. The van der Waals surface area contributed by atoms with Crippen LogP contribution in [0.3, 0.4) is 0 Å². The number of ether oxygens (including phenoxy) is 1. The van der Waals surface area contributed by atoms with Crippen molar-refractivity contribution in [1.82, 2.24) is 5.32 Å². The zero-order valence-electron chi connectivity index (χ0n) is 20.5. The van der Waals surface area contributed by atoms with Crippen LogP contribution in [0, 0.1) is 11.6 Å². The van der Waals surface area contributed by atoms with Crippen LogP contribution in [0.4, 0.5) is 20.2 Å². The van der Waals surface area contributed by atoms with Crippen molar-refractivity contribution in [3.63, 3.8) is 0 Å². The molecule has 4 rings (SSSR count).